The van der Waals surface area contributed by atoms with Gasteiger partial charge in [0, 0.05) is 6.04 Å². The van der Waals surface area contributed by atoms with Crippen LogP contribution >= 0.6 is 0 Å². The molecule has 1 saturated heterocycles. The van der Waals surface area contributed by atoms with Gasteiger partial charge in [0.25, 0.3) is 11.8 Å². The van der Waals surface area contributed by atoms with Crippen LogP contribution < -0.4 is 5.32 Å². The number of imide groups is 1. The predicted octanol–water partition coefficient (Wildman–Crippen LogP) is 1.03. The van der Waals surface area contributed by atoms with Crippen LogP contribution in [0.4, 0.5) is 0 Å². The molecule has 0 aliphatic carbocycles. The molecule has 17 heavy (non-hydrogen) atoms. The van der Waals surface area contributed by atoms with E-state index in [4.69, 9.17) is 0 Å². The Labute approximate surface area is 99.6 Å². The molecule has 0 radical (unpaired) electrons. The fourth-order valence-corrected chi connectivity index (χ4v) is 2.71. The molecular weight excluding hydrogens is 216 g/mol. The summed E-state index contributed by atoms with van der Waals surface area (Å²) in [6.07, 6.45) is 0.840. The molecule has 2 aliphatic rings. The summed E-state index contributed by atoms with van der Waals surface area (Å²) in [6.45, 7) is 2.88. The molecule has 2 aliphatic heterocycles. The Hall–Kier alpha value is -1.68. The first-order chi connectivity index (χ1) is 8.20. The molecule has 1 fully saturated rings. The predicted molar refractivity (Wildman–Crippen MR) is 62.8 cm³/mol. The molecule has 0 saturated carbocycles. The monoisotopic (exact) mass is 230 g/mol. The molecule has 1 aromatic carbocycles. The Morgan fingerprint density at radius 2 is 1.76 bits per heavy atom. The molecule has 2 heterocycles. The zero-order chi connectivity index (χ0) is 12.0. The van der Waals surface area contributed by atoms with Crippen molar-refractivity contribution in [1.29, 1.82) is 0 Å². The molecule has 1 N–H and O–H groups in total. The Morgan fingerprint density at radius 3 is 2.24 bits per heavy atom. The number of hydrogen-bond acceptors (Lipinski definition) is 3. The first kappa shape index (κ1) is 10.5. The SMILES string of the molecule is CC1NCCC1N1C(=O)c2ccccc2C1=O. The Kier molecular flexibility index (Phi) is 2.26. The molecule has 0 spiro atoms. The third-order valence-electron chi connectivity index (χ3n) is 3.64. The largest absolute Gasteiger partial charge is 0.312 e. The van der Waals surface area contributed by atoms with E-state index in [1.54, 1.807) is 24.3 Å². The van der Waals surface area contributed by atoms with E-state index in [0.717, 1.165) is 13.0 Å². The van der Waals surface area contributed by atoms with Crippen molar-refractivity contribution in [2.45, 2.75) is 25.4 Å². The molecule has 2 atom stereocenters. The fourth-order valence-electron chi connectivity index (χ4n) is 2.71. The lowest BCUT2D eigenvalue weighted by Gasteiger charge is -2.25. The van der Waals surface area contributed by atoms with Crippen LogP contribution in [0.15, 0.2) is 24.3 Å². The third-order valence-corrected chi connectivity index (χ3v) is 3.64. The third kappa shape index (κ3) is 1.41. The van der Waals surface area contributed by atoms with Gasteiger partial charge in [-0.15, -0.1) is 0 Å². The number of amides is 2. The zero-order valence-electron chi connectivity index (χ0n) is 9.64. The van der Waals surface area contributed by atoms with Gasteiger partial charge in [-0.25, -0.2) is 0 Å². The summed E-state index contributed by atoms with van der Waals surface area (Å²) < 4.78 is 0. The van der Waals surface area contributed by atoms with Gasteiger partial charge in [-0.3, -0.25) is 14.5 Å². The van der Waals surface area contributed by atoms with E-state index in [1.165, 1.54) is 4.90 Å². The van der Waals surface area contributed by atoms with Gasteiger partial charge in [0.15, 0.2) is 0 Å². The van der Waals surface area contributed by atoms with Crippen molar-refractivity contribution in [1.82, 2.24) is 10.2 Å². The highest BCUT2D eigenvalue weighted by atomic mass is 16.2. The fraction of sp³-hybridized carbons (Fsp3) is 0.385. The maximum atomic E-state index is 12.2. The van der Waals surface area contributed by atoms with Crippen molar-refractivity contribution < 1.29 is 9.59 Å². The van der Waals surface area contributed by atoms with Gasteiger partial charge in [0.1, 0.15) is 0 Å². The average molecular weight is 230 g/mol. The topological polar surface area (TPSA) is 49.4 Å². The summed E-state index contributed by atoms with van der Waals surface area (Å²) in [5.41, 5.74) is 1.08. The van der Waals surface area contributed by atoms with Crippen LogP contribution in [0.5, 0.6) is 0 Å². The van der Waals surface area contributed by atoms with Crippen molar-refractivity contribution in [3.63, 3.8) is 0 Å². The average Bonchev–Trinajstić information content (AvgIpc) is 2.84. The molecule has 0 bridgehead atoms. The van der Waals surface area contributed by atoms with Crippen LogP contribution in [-0.2, 0) is 0 Å². The smallest absolute Gasteiger partial charge is 0.261 e. The highest BCUT2D eigenvalue weighted by molar-refractivity contribution is 6.21. The summed E-state index contributed by atoms with van der Waals surface area (Å²) >= 11 is 0. The maximum Gasteiger partial charge on any atom is 0.261 e. The Balaban J connectivity index is 2.00. The van der Waals surface area contributed by atoms with Crippen LogP contribution in [0.25, 0.3) is 0 Å². The van der Waals surface area contributed by atoms with E-state index in [2.05, 4.69) is 5.32 Å². The molecule has 3 rings (SSSR count). The number of rotatable bonds is 1. The van der Waals surface area contributed by atoms with Gasteiger partial charge < -0.3 is 5.32 Å². The van der Waals surface area contributed by atoms with E-state index in [-0.39, 0.29) is 23.9 Å². The standard InChI is InChI=1S/C13H14N2O2/c1-8-11(6-7-14-8)15-12(16)9-4-2-3-5-10(9)13(15)17/h2-5,8,11,14H,6-7H2,1H3. The molecule has 4 nitrogen and oxygen atoms in total. The van der Waals surface area contributed by atoms with E-state index >= 15 is 0 Å². The quantitative estimate of drug-likeness (QED) is 0.733. The lowest BCUT2D eigenvalue weighted by atomic mass is 10.1. The van der Waals surface area contributed by atoms with Gasteiger partial charge in [0.05, 0.1) is 17.2 Å². The lowest BCUT2D eigenvalue weighted by Crippen LogP contribution is -2.45. The van der Waals surface area contributed by atoms with Crippen LogP contribution in [0.2, 0.25) is 0 Å². The molecule has 0 aromatic heterocycles. The number of carbonyl (C=O) groups is 2. The van der Waals surface area contributed by atoms with Crippen molar-refractivity contribution in [3.05, 3.63) is 35.4 Å². The number of nitrogens with one attached hydrogen (secondary N) is 1. The number of nitrogens with zero attached hydrogens (tertiary/aromatic N) is 1. The Bertz CT molecular complexity index is 463. The van der Waals surface area contributed by atoms with Gasteiger partial charge in [-0.2, -0.15) is 0 Å². The minimum absolute atomic E-state index is 0.0117. The van der Waals surface area contributed by atoms with Gasteiger partial charge >= 0.3 is 0 Å². The van der Waals surface area contributed by atoms with Crippen molar-refractivity contribution in [2.24, 2.45) is 0 Å². The second-order valence-corrected chi connectivity index (χ2v) is 4.62. The van der Waals surface area contributed by atoms with Crippen LogP contribution in [0.3, 0.4) is 0 Å². The lowest BCUT2D eigenvalue weighted by molar-refractivity contribution is 0.0576. The second kappa shape index (κ2) is 3.67. The minimum Gasteiger partial charge on any atom is -0.312 e. The highest BCUT2D eigenvalue weighted by Crippen LogP contribution is 2.27. The van der Waals surface area contributed by atoms with Gasteiger partial charge in [0.2, 0.25) is 0 Å². The zero-order valence-corrected chi connectivity index (χ0v) is 9.64. The molecular formula is C13H14N2O2. The second-order valence-electron chi connectivity index (χ2n) is 4.62. The van der Waals surface area contributed by atoms with E-state index in [9.17, 15) is 9.59 Å². The van der Waals surface area contributed by atoms with Crippen molar-refractivity contribution in [3.8, 4) is 0 Å². The van der Waals surface area contributed by atoms with E-state index in [1.807, 2.05) is 6.92 Å². The van der Waals surface area contributed by atoms with Crippen LogP contribution in [0.1, 0.15) is 34.1 Å². The van der Waals surface area contributed by atoms with Crippen molar-refractivity contribution in [2.75, 3.05) is 6.54 Å². The molecule has 1 aromatic rings. The summed E-state index contributed by atoms with van der Waals surface area (Å²) in [7, 11) is 0. The summed E-state index contributed by atoms with van der Waals surface area (Å²) in [4.78, 5) is 25.9. The van der Waals surface area contributed by atoms with Gasteiger partial charge in [-0.1, -0.05) is 12.1 Å². The minimum atomic E-state index is -0.147. The Morgan fingerprint density at radius 1 is 1.18 bits per heavy atom. The number of fused-ring (bicyclic) bond motifs is 1. The number of carbonyl (C=O) groups excluding carboxylic acids is 2. The maximum absolute atomic E-state index is 12.2. The highest BCUT2D eigenvalue weighted by Gasteiger charge is 2.42. The van der Waals surface area contributed by atoms with Gasteiger partial charge in [-0.05, 0) is 32.0 Å². The summed E-state index contributed by atoms with van der Waals surface area (Å²) in [6, 6.07) is 7.21. The van der Waals surface area contributed by atoms with E-state index in [0.29, 0.717) is 11.1 Å². The van der Waals surface area contributed by atoms with Crippen molar-refractivity contribution >= 4 is 11.8 Å². The number of benzene rings is 1. The first-order valence-corrected chi connectivity index (χ1v) is 5.90. The van der Waals surface area contributed by atoms with E-state index < -0.39 is 0 Å². The normalized spacial score (nSPS) is 27.7. The molecule has 2 amide bonds. The molecule has 2 unspecified atom stereocenters. The van der Waals surface area contributed by atoms with Crippen LogP contribution in [-0.4, -0.2) is 35.3 Å². The summed E-state index contributed by atoms with van der Waals surface area (Å²) in [5.74, 6) is -0.294. The number of hydrogen-bond donors (Lipinski definition) is 1. The first-order valence-electron chi connectivity index (χ1n) is 5.90. The molecule has 88 valence electrons. The van der Waals surface area contributed by atoms with Crippen LogP contribution in [0, 0.1) is 0 Å². The molecule has 4 heteroatoms. The summed E-state index contributed by atoms with van der Waals surface area (Å²) in [5, 5.41) is 3.27.